The van der Waals surface area contributed by atoms with Gasteiger partial charge in [-0.25, -0.2) is 9.79 Å². The van der Waals surface area contributed by atoms with E-state index in [1.807, 2.05) is 42.5 Å². The number of hydrogen-bond acceptors (Lipinski definition) is 7. The first-order valence-electron chi connectivity index (χ1n) is 10.9. The van der Waals surface area contributed by atoms with E-state index in [1.54, 1.807) is 37.7 Å². The first-order chi connectivity index (χ1) is 16.9. The summed E-state index contributed by atoms with van der Waals surface area (Å²) in [5, 5.41) is 1.84. The number of fused-ring (bicyclic) bond motifs is 2. The number of allylic oxidation sites excluding steroid dienone is 1. The molecular weight excluding hydrogens is 579 g/mol. The van der Waals surface area contributed by atoms with Crippen LogP contribution in [0.4, 0.5) is 0 Å². The van der Waals surface area contributed by atoms with Crippen LogP contribution in [-0.4, -0.2) is 24.3 Å². The van der Waals surface area contributed by atoms with Crippen LogP contribution in [0.25, 0.3) is 16.8 Å². The SMILES string of the molecule is CCOC(=O)C1=C(C)N=c2s/c(=C/c3ccc(I)o3)c(=O)n2[C@H]1c1c(OC)ccc2ccccc12. The molecule has 2 aromatic heterocycles. The third-order valence-corrected chi connectivity index (χ3v) is 7.37. The third-order valence-electron chi connectivity index (χ3n) is 5.81. The van der Waals surface area contributed by atoms with Crippen molar-refractivity contribution in [2.75, 3.05) is 13.7 Å². The molecule has 3 heterocycles. The number of methoxy groups -OCH3 is 1. The van der Waals surface area contributed by atoms with E-state index >= 15 is 0 Å². The lowest BCUT2D eigenvalue weighted by Crippen LogP contribution is -2.40. The number of benzene rings is 2. The van der Waals surface area contributed by atoms with E-state index in [4.69, 9.17) is 13.9 Å². The number of carbonyl (C=O) groups excluding carboxylic acids is 1. The molecule has 5 rings (SSSR count). The van der Waals surface area contributed by atoms with Gasteiger partial charge in [-0.15, -0.1) is 0 Å². The van der Waals surface area contributed by atoms with Crippen LogP contribution < -0.4 is 19.6 Å². The van der Waals surface area contributed by atoms with Gasteiger partial charge in [-0.2, -0.15) is 0 Å². The minimum absolute atomic E-state index is 0.205. The second-order valence-corrected chi connectivity index (χ2v) is 9.92. The lowest BCUT2D eigenvalue weighted by Gasteiger charge is -2.27. The Hall–Kier alpha value is -3.18. The van der Waals surface area contributed by atoms with Gasteiger partial charge < -0.3 is 13.9 Å². The van der Waals surface area contributed by atoms with Crippen LogP contribution in [0.3, 0.4) is 0 Å². The van der Waals surface area contributed by atoms with Crippen molar-refractivity contribution in [3.63, 3.8) is 0 Å². The summed E-state index contributed by atoms with van der Waals surface area (Å²) in [5.74, 6) is 0.629. The molecule has 7 nitrogen and oxygen atoms in total. The van der Waals surface area contributed by atoms with Crippen LogP contribution in [0.1, 0.15) is 31.2 Å². The average Bonchev–Trinajstić information content (AvgIpc) is 3.39. The van der Waals surface area contributed by atoms with Crippen LogP contribution in [0.5, 0.6) is 5.75 Å². The molecule has 9 heteroatoms. The van der Waals surface area contributed by atoms with Crippen LogP contribution in [-0.2, 0) is 9.53 Å². The zero-order valence-corrected chi connectivity index (χ0v) is 22.2. The maximum Gasteiger partial charge on any atom is 0.338 e. The van der Waals surface area contributed by atoms with Gasteiger partial charge in [0.05, 0.1) is 29.5 Å². The van der Waals surface area contributed by atoms with Crippen molar-refractivity contribution >= 4 is 56.7 Å². The lowest BCUT2D eigenvalue weighted by molar-refractivity contribution is -0.139. The number of esters is 1. The predicted molar refractivity (Wildman–Crippen MR) is 142 cm³/mol. The number of aromatic nitrogens is 1. The highest BCUT2D eigenvalue weighted by atomic mass is 127. The van der Waals surface area contributed by atoms with Gasteiger partial charge in [-0.3, -0.25) is 9.36 Å². The Bertz CT molecular complexity index is 1680. The number of halogens is 1. The van der Waals surface area contributed by atoms with Crippen LogP contribution >= 0.6 is 33.9 Å². The van der Waals surface area contributed by atoms with Gasteiger partial charge in [0.2, 0.25) is 0 Å². The van der Waals surface area contributed by atoms with Crippen LogP contribution in [0.15, 0.2) is 74.0 Å². The lowest BCUT2D eigenvalue weighted by atomic mass is 9.90. The minimum Gasteiger partial charge on any atom is -0.496 e. The predicted octanol–water partition coefficient (Wildman–Crippen LogP) is 4.16. The Morgan fingerprint density at radius 2 is 2.03 bits per heavy atom. The van der Waals surface area contributed by atoms with Crippen molar-refractivity contribution in [1.29, 1.82) is 0 Å². The Labute approximate surface area is 218 Å². The maximum atomic E-state index is 13.8. The smallest absolute Gasteiger partial charge is 0.338 e. The minimum atomic E-state index is -0.773. The summed E-state index contributed by atoms with van der Waals surface area (Å²) in [5.41, 5.74) is 1.26. The maximum absolute atomic E-state index is 13.8. The van der Waals surface area contributed by atoms with Crippen molar-refractivity contribution in [1.82, 2.24) is 4.57 Å². The fourth-order valence-electron chi connectivity index (χ4n) is 4.34. The molecule has 0 saturated heterocycles. The number of nitrogens with zero attached hydrogens (tertiary/aromatic N) is 2. The molecule has 0 radical (unpaired) electrons. The number of thiazole rings is 1. The Morgan fingerprint density at radius 3 is 2.74 bits per heavy atom. The first-order valence-corrected chi connectivity index (χ1v) is 12.8. The molecule has 1 aliphatic rings. The van der Waals surface area contributed by atoms with Gasteiger partial charge in [0, 0.05) is 11.6 Å². The molecule has 0 bridgehead atoms. The van der Waals surface area contributed by atoms with Crippen molar-refractivity contribution in [3.05, 3.63) is 94.6 Å². The quantitative estimate of drug-likeness (QED) is 0.254. The van der Waals surface area contributed by atoms with Crippen molar-refractivity contribution in [3.8, 4) is 5.75 Å². The summed E-state index contributed by atoms with van der Waals surface area (Å²) >= 11 is 3.33. The summed E-state index contributed by atoms with van der Waals surface area (Å²) in [4.78, 5) is 32.2. The normalized spacial score (nSPS) is 15.8. The number of ether oxygens (including phenoxy) is 2. The highest BCUT2D eigenvalue weighted by Crippen LogP contribution is 2.40. The largest absolute Gasteiger partial charge is 0.496 e. The first kappa shape index (κ1) is 23.6. The van der Waals surface area contributed by atoms with Crippen molar-refractivity contribution in [2.24, 2.45) is 4.99 Å². The highest BCUT2D eigenvalue weighted by molar-refractivity contribution is 14.1. The molecule has 4 aromatic rings. The molecule has 1 atom stereocenters. The van der Waals surface area contributed by atoms with Gasteiger partial charge in [-0.1, -0.05) is 41.7 Å². The fraction of sp³-hybridized carbons (Fsp3) is 0.192. The number of carbonyl (C=O) groups is 1. The zero-order valence-electron chi connectivity index (χ0n) is 19.2. The van der Waals surface area contributed by atoms with E-state index in [1.165, 1.54) is 11.3 Å². The van der Waals surface area contributed by atoms with Crippen molar-refractivity contribution < 1.29 is 18.7 Å². The van der Waals surface area contributed by atoms with E-state index in [0.29, 0.717) is 37.7 Å². The summed E-state index contributed by atoms with van der Waals surface area (Å²) in [6, 6.07) is 14.5. The summed E-state index contributed by atoms with van der Waals surface area (Å²) in [6.45, 7) is 3.72. The fourth-order valence-corrected chi connectivity index (χ4v) is 5.80. The highest BCUT2D eigenvalue weighted by Gasteiger charge is 2.36. The van der Waals surface area contributed by atoms with Crippen LogP contribution in [0, 0.1) is 3.77 Å². The molecule has 0 aliphatic carbocycles. The second-order valence-electron chi connectivity index (χ2n) is 7.85. The Balaban J connectivity index is 1.86. The molecule has 2 aromatic carbocycles. The van der Waals surface area contributed by atoms with Gasteiger partial charge in [0.1, 0.15) is 17.6 Å². The standard InChI is InChI=1S/C26H21IN2O5S/c1-4-33-25(31)21-14(2)28-26-29(24(30)19(35-26)13-16-10-12-20(27)34-16)23(21)22-17-8-6-5-7-15(17)9-11-18(22)32-3/h5-13,23H,4H2,1-3H3/b19-13+/t23-/m1/s1. The van der Waals surface area contributed by atoms with Gasteiger partial charge >= 0.3 is 5.97 Å². The molecule has 35 heavy (non-hydrogen) atoms. The van der Waals surface area contributed by atoms with Crippen LogP contribution in [0.2, 0.25) is 0 Å². The summed E-state index contributed by atoms with van der Waals surface area (Å²) < 4.78 is 19.6. The zero-order chi connectivity index (χ0) is 24.7. The monoisotopic (exact) mass is 600 g/mol. The summed E-state index contributed by atoms with van der Waals surface area (Å²) in [6.07, 6.45) is 1.70. The Kier molecular flexibility index (Phi) is 6.37. The molecule has 1 aliphatic heterocycles. The number of furan rings is 1. The topological polar surface area (TPSA) is 83.0 Å². The third kappa shape index (κ3) is 4.12. The molecule has 0 saturated carbocycles. The molecule has 0 amide bonds. The molecule has 0 N–H and O–H groups in total. The second kappa shape index (κ2) is 9.46. The molecule has 178 valence electrons. The average molecular weight is 600 g/mol. The van der Waals surface area contributed by atoms with E-state index in [2.05, 4.69) is 27.6 Å². The Morgan fingerprint density at radius 1 is 1.23 bits per heavy atom. The molecule has 0 spiro atoms. The molecular formula is C26H21IN2O5S. The molecule has 0 fully saturated rings. The van der Waals surface area contributed by atoms with Gasteiger partial charge in [-0.05, 0) is 65.4 Å². The van der Waals surface area contributed by atoms with E-state index in [0.717, 1.165) is 14.5 Å². The number of hydrogen-bond donors (Lipinski definition) is 0. The molecule has 0 unspecified atom stereocenters. The number of rotatable bonds is 5. The van der Waals surface area contributed by atoms with E-state index < -0.39 is 12.0 Å². The van der Waals surface area contributed by atoms with Crippen molar-refractivity contribution in [2.45, 2.75) is 19.9 Å². The summed E-state index contributed by atoms with van der Waals surface area (Å²) in [7, 11) is 1.58. The van der Waals surface area contributed by atoms with Gasteiger partial charge in [0.15, 0.2) is 8.57 Å². The van der Waals surface area contributed by atoms with E-state index in [9.17, 15) is 9.59 Å². The van der Waals surface area contributed by atoms with E-state index in [-0.39, 0.29) is 12.2 Å². The van der Waals surface area contributed by atoms with Gasteiger partial charge in [0.25, 0.3) is 5.56 Å².